The summed E-state index contributed by atoms with van der Waals surface area (Å²) in [4.78, 5) is 10.4. The van der Waals surface area contributed by atoms with Crippen molar-refractivity contribution < 1.29 is 23.8 Å². The van der Waals surface area contributed by atoms with E-state index in [1.807, 2.05) is 12.1 Å². The number of carboxylic acid groups (broad SMARTS) is 1. The second kappa shape index (κ2) is 8.88. The summed E-state index contributed by atoms with van der Waals surface area (Å²) in [6.07, 6.45) is 0.674. The summed E-state index contributed by atoms with van der Waals surface area (Å²) in [5, 5.41) is 11.4. The van der Waals surface area contributed by atoms with Crippen molar-refractivity contribution in [2.24, 2.45) is 0 Å². The lowest BCUT2D eigenvalue weighted by Crippen LogP contribution is -2.24. The van der Waals surface area contributed by atoms with Crippen molar-refractivity contribution in [3.8, 4) is 11.5 Å². The molecule has 0 radical (unpaired) electrons. The second-order valence-electron chi connectivity index (χ2n) is 5.22. The van der Waals surface area contributed by atoms with E-state index in [0.717, 1.165) is 11.1 Å². The predicted molar refractivity (Wildman–Crippen MR) is 87.9 cm³/mol. The molecule has 0 spiro atoms. The minimum Gasteiger partial charge on any atom is -0.493 e. The first-order valence-corrected chi connectivity index (χ1v) is 7.55. The molecule has 0 fully saturated rings. The van der Waals surface area contributed by atoms with E-state index >= 15 is 0 Å². The van der Waals surface area contributed by atoms with Crippen LogP contribution in [0.3, 0.4) is 0 Å². The highest BCUT2D eigenvalue weighted by Gasteiger charge is 2.07. The molecule has 0 amide bonds. The van der Waals surface area contributed by atoms with Crippen molar-refractivity contribution in [1.29, 1.82) is 0 Å². The molecule has 0 aromatic heterocycles. The molecule has 2 aromatic carbocycles. The number of rotatable bonds is 9. The van der Waals surface area contributed by atoms with Crippen LogP contribution in [0.5, 0.6) is 11.5 Å². The molecule has 6 heteroatoms. The summed E-state index contributed by atoms with van der Waals surface area (Å²) in [5.41, 5.74) is 1.74. The van der Waals surface area contributed by atoms with Crippen LogP contribution in [0, 0.1) is 5.82 Å². The SMILES string of the molecule is COc1cc(CCNCC(=O)O)ccc1OCc1cccc(F)c1. The van der Waals surface area contributed by atoms with Crippen molar-refractivity contribution in [3.05, 3.63) is 59.4 Å². The smallest absolute Gasteiger partial charge is 0.317 e. The van der Waals surface area contributed by atoms with Crippen LogP contribution in [0.2, 0.25) is 0 Å². The molecule has 0 aliphatic heterocycles. The van der Waals surface area contributed by atoms with Crippen molar-refractivity contribution in [2.75, 3.05) is 20.2 Å². The molecule has 0 bridgehead atoms. The number of carbonyl (C=O) groups is 1. The van der Waals surface area contributed by atoms with Crippen LogP contribution in [-0.2, 0) is 17.8 Å². The van der Waals surface area contributed by atoms with Gasteiger partial charge in [-0.05, 0) is 48.4 Å². The molecule has 0 aliphatic carbocycles. The highest BCUT2D eigenvalue weighted by molar-refractivity contribution is 5.68. The Hall–Kier alpha value is -2.60. The number of ether oxygens (including phenoxy) is 2. The van der Waals surface area contributed by atoms with Crippen LogP contribution in [0.4, 0.5) is 4.39 Å². The average molecular weight is 333 g/mol. The number of benzene rings is 2. The van der Waals surface area contributed by atoms with Gasteiger partial charge >= 0.3 is 5.97 Å². The third kappa shape index (κ3) is 5.55. The summed E-state index contributed by atoms with van der Waals surface area (Å²) in [5.74, 6) is -0.0212. The lowest BCUT2D eigenvalue weighted by atomic mass is 10.1. The van der Waals surface area contributed by atoms with Gasteiger partial charge in [-0.1, -0.05) is 18.2 Å². The van der Waals surface area contributed by atoms with Crippen molar-refractivity contribution in [1.82, 2.24) is 5.32 Å². The van der Waals surface area contributed by atoms with Crippen LogP contribution < -0.4 is 14.8 Å². The third-order valence-corrected chi connectivity index (χ3v) is 3.38. The van der Waals surface area contributed by atoms with Crippen LogP contribution in [0.15, 0.2) is 42.5 Å². The number of halogens is 1. The van der Waals surface area contributed by atoms with E-state index in [2.05, 4.69) is 5.32 Å². The number of aliphatic carboxylic acids is 1. The van der Waals surface area contributed by atoms with Crippen molar-refractivity contribution in [2.45, 2.75) is 13.0 Å². The number of hydrogen-bond acceptors (Lipinski definition) is 4. The first-order valence-electron chi connectivity index (χ1n) is 7.55. The molecule has 0 saturated heterocycles. The maximum atomic E-state index is 13.2. The minimum atomic E-state index is -0.881. The lowest BCUT2D eigenvalue weighted by molar-refractivity contribution is -0.135. The van der Waals surface area contributed by atoms with Gasteiger partial charge in [0.05, 0.1) is 13.7 Å². The monoisotopic (exact) mass is 333 g/mol. The van der Waals surface area contributed by atoms with E-state index < -0.39 is 5.97 Å². The molecule has 0 atom stereocenters. The molecular weight excluding hydrogens is 313 g/mol. The van der Waals surface area contributed by atoms with E-state index in [9.17, 15) is 9.18 Å². The van der Waals surface area contributed by atoms with Crippen LogP contribution >= 0.6 is 0 Å². The van der Waals surface area contributed by atoms with Gasteiger partial charge in [0, 0.05) is 0 Å². The van der Waals surface area contributed by atoms with Gasteiger partial charge in [0.1, 0.15) is 12.4 Å². The first kappa shape index (κ1) is 17.7. The summed E-state index contributed by atoms with van der Waals surface area (Å²) in [6.45, 7) is 0.735. The molecule has 2 aromatic rings. The molecular formula is C18H20FNO4. The van der Waals surface area contributed by atoms with Gasteiger partial charge in [-0.2, -0.15) is 0 Å². The summed E-state index contributed by atoms with van der Waals surface area (Å²) >= 11 is 0. The standard InChI is InChI=1S/C18H20FNO4/c1-23-17-10-13(7-8-20-11-18(21)22)5-6-16(17)24-12-14-3-2-4-15(19)9-14/h2-6,9-10,20H,7-8,11-12H2,1H3,(H,21,22). The van der Waals surface area contributed by atoms with Crippen molar-refractivity contribution >= 4 is 5.97 Å². The molecule has 0 saturated carbocycles. The molecule has 0 heterocycles. The van der Waals surface area contributed by atoms with E-state index in [1.54, 1.807) is 25.3 Å². The molecule has 0 aliphatic rings. The Labute approximate surface area is 140 Å². The number of methoxy groups -OCH3 is 1. The van der Waals surface area contributed by atoms with Gasteiger partial charge in [0.15, 0.2) is 11.5 Å². The third-order valence-electron chi connectivity index (χ3n) is 3.38. The maximum Gasteiger partial charge on any atom is 0.317 e. The zero-order chi connectivity index (χ0) is 17.4. The Morgan fingerprint density at radius 3 is 2.71 bits per heavy atom. The van der Waals surface area contributed by atoms with Crippen LogP contribution in [0.1, 0.15) is 11.1 Å². The Bertz CT molecular complexity index is 690. The summed E-state index contributed by atoms with van der Waals surface area (Å²) in [6, 6.07) is 11.8. The normalized spacial score (nSPS) is 10.4. The fraction of sp³-hybridized carbons (Fsp3) is 0.278. The fourth-order valence-corrected chi connectivity index (χ4v) is 2.20. The molecule has 2 rings (SSSR count). The first-order chi connectivity index (χ1) is 11.6. The van der Waals surface area contributed by atoms with Gasteiger partial charge in [0.2, 0.25) is 0 Å². The quantitative estimate of drug-likeness (QED) is 0.691. The van der Waals surface area contributed by atoms with Crippen LogP contribution in [0.25, 0.3) is 0 Å². The zero-order valence-corrected chi connectivity index (χ0v) is 13.4. The Morgan fingerprint density at radius 1 is 1.17 bits per heavy atom. The number of nitrogens with one attached hydrogen (secondary N) is 1. The van der Waals surface area contributed by atoms with Gasteiger partial charge in [-0.15, -0.1) is 0 Å². The Morgan fingerprint density at radius 2 is 2.00 bits per heavy atom. The second-order valence-corrected chi connectivity index (χ2v) is 5.22. The lowest BCUT2D eigenvalue weighted by Gasteiger charge is -2.12. The number of carboxylic acids is 1. The average Bonchev–Trinajstić information content (AvgIpc) is 2.57. The molecule has 128 valence electrons. The Kier molecular flexibility index (Phi) is 6.57. The van der Waals surface area contributed by atoms with Crippen molar-refractivity contribution in [3.63, 3.8) is 0 Å². The predicted octanol–water partition coefficient (Wildman–Crippen LogP) is 2.63. The molecule has 0 unspecified atom stereocenters. The highest BCUT2D eigenvalue weighted by Crippen LogP contribution is 2.29. The summed E-state index contributed by atoms with van der Waals surface area (Å²) in [7, 11) is 1.55. The summed E-state index contributed by atoms with van der Waals surface area (Å²) < 4.78 is 24.2. The molecule has 24 heavy (non-hydrogen) atoms. The minimum absolute atomic E-state index is 0.0635. The zero-order valence-electron chi connectivity index (χ0n) is 13.4. The van der Waals surface area contributed by atoms with E-state index in [0.29, 0.717) is 24.5 Å². The topological polar surface area (TPSA) is 67.8 Å². The molecule has 2 N–H and O–H groups in total. The van der Waals surface area contributed by atoms with E-state index in [-0.39, 0.29) is 19.0 Å². The Balaban J connectivity index is 1.94. The van der Waals surface area contributed by atoms with Gasteiger partial charge in [-0.3, -0.25) is 4.79 Å². The van der Waals surface area contributed by atoms with Gasteiger partial charge < -0.3 is 19.9 Å². The van der Waals surface area contributed by atoms with E-state index in [1.165, 1.54) is 12.1 Å². The van der Waals surface area contributed by atoms with E-state index in [4.69, 9.17) is 14.6 Å². The largest absolute Gasteiger partial charge is 0.493 e. The molecule has 5 nitrogen and oxygen atoms in total. The van der Waals surface area contributed by atoms with Gasteiger partial charge in [-0.25, -0.2) is 4.39 Å². The van der Waals surface area contributed by atoms with Crippen LogP contribution in [-0.4, -0.2) is 31.3 Å². The maximum absolute atomic E-state index is 13.2. The fourth-order valence-electron chi connectivity index (χ4n) is 2.20. The number of hydrogen-bond donors (Lipinski definition) is 2. The van der Waals surface area contributed by atoms with Gasteiger partial charge in [0.25, 0.3) is 0 Å². The highest BCUT2D eigenvalue weighted by atomic mass is 19.1.